The number of hydrogen-bond donors (Lipinski definition) is 0. The maximum atomic E-state index is 6.25. The van der Waals surface area contributed by atoms with Gasteiger partial charge < -0.3 is 0 Å². The van der Waals surface area contributed by atoms with Crippen LogP contribution < -0.4 is 0 Å². The lowest BCUT2D eigenvalue weighted by Gasteiger charge is -2.08. The Morgan fingerprint density at radius 1 is 1.10 bits per heavy atom. The Morgan fingerprint density at radius 3 is 2.55 bits per heavy atom. The quantitative estimate of drug-likeness (QED) is 0.430. The normalized spacial score (nSPS) is 11.2. The molecule has 0 aliphatic carbocycles. The van der Waals surface area contributed by atoms with Crippen molar-refractivity contribution < 1.29 is 0 Å². The molecule has 0 saturated heterocycles. The smallest absolute Gasteiger partial charge is 0.115 e. The monoisotopic (exact) mass is 416 g/mol. The molecule has 0 unspecified atom stereocenters. The molecular weight excluding hydrogens is 406 g/mol. The van der Waals surface area contributed by atoms with Gasteiger partial charge in [0.15, 0.2) is 0 Å². The molecule has 0 amide bonds. The molecule has 1 aromatic heterocycles. The highest BCUT2D eigenvalue weighted by molar-refractivity contribution is 14.1. The third-order valence-corrected chi connectivity index (χ3v) is 4.32. The van der Waals surface area contributed by atoms with E-state index in [1.54, 1.807) is 0 Å². The Hall–Kier alpha value is -0.780. The van der Waals surface area contributed by atoms with Gasteiger partial charge in [-0.1, -0.05) is 17.7 Å². The van der Waals surface area contributed by atoms with Crippen LogP contribution in [0.1, 0.15) is 5.82 Å². The zero-order valence-electron chi connectivity index (χ0n) is 10.5. The van der Waals surface area contributed by atoms with Crippen molar-refractivity contribution in [2.75, 3.05) is 5.88 Å². The molecule has 20 heavy (non-hydrogen) atoms. The van der Waals surface area contributed by atoms with E-state index < -0.39 is 0 Å². The highest BCUT2D eigenvalue weighted by Crippen LogP contribution is 2.27. The molecule has 0 spiro atoms. The van der Waals surface area contributed by atoms with Crippen LogP contribution in [0.15, 0.2) is 42.5 Å². The minimum absolute atomic E-state index is 0.533. The van der Waals surface area contributed by atoms with Crippen LogP contribution in [0, 0.1) is 3.57 Å². The van der Waals surface area contributed by atoms with Crippen LogP contribution in [0.2, 0.25) is 5.02 Å². The lowest BCUT2D eigenvalue weighted by Crippen LogP contribution is -2.02. The summed E-state index contributed by atoms with van der Waals surface area (Å²) in [5.74, 6) is 1.47. The second kappa shape index (κ2) is 5.92. The van der Waals surface area contributed by atoms with Crippen molar-refractivity contribution in [2.45, 2.75) is 6.42 Å². The van der Waals surface area contributed by atoms with Gasteiger partial charge in [-0.2, -0.15) is 0 Å². The number of fused-ring (bicyclic) bond motifs is 1. The van der Waals surface area contributed by atoms with Crippen LogP contribution in [0.3, 0.4) is 0 Å². The molecule has 0 N–H and O–H groups in total. The molecular formula is C15H11Cl2IN2. The van der Waals surface area contributed by atoms with E-state index in [0.717, 1.165) is 22.5 Å². The van der Waals surface area contributed by atoms with Gasteiger partial charge in [0.2, 0.25) is 0 Å². The second-order valence-electron chi connectivity index (χ2n) is 4.39. The van der Waals surface area contributed by atoms with Crippen molar-refractivity contribution in [1.82, 2.24) is 9.55 Å². The van der Waals surface area contributed by atoms with E-state index in [2.05, 4.69) is 56.4 Å². The van der Waals surface area contributed by atoms with Gasteiger partial charge in [-0.3, -0.25) is 4.57 Å². The van der Waals surface area contributed by atoms with E-state index in [1.807, 2.05) is 18.2 Å². The van der Waals surface area contributed by atoms with Gasteiger partial charge in [0.1, 0.15) is 11.3 Å². The van der Waals surface area contributed by atoms with Crippen molar-refractivity contribution in [1.29, 1.82) is 0 Å². The molecule has 2 nitrogen and oxygen atoms in total. The van der Waals surface area contributed by atoms with Crippen LogP contribution in [-0.4, -0.2) is 15.4 Å². The first-order chi connectivity index (χ1) is 9.70. The number of halogens is 3. The minimum atomic E-state index is 0.533. The zero-order valence-corrected chi connectivity index (χ0v) is 14.2. The summed E-state index contributed by atoms with van der Waals surface area (Å²) in [6.45, 7) is 0. The molecule has 0 bridgehead atoms. The van der Waals surface area contributed by atoms with Gasteiger partial charge in [-0.15, -0.1) is 11.6 Å². The van der Waals surface area contributed by atoms with Gasteiger partial charge >= 0.3 is 0 Å². The predicted octanol–water partition coefficient (Wildman–Crippen LogP) is 5.06. The van der Waals surface area contributed by atoms with Gasteiger partial charge in [-0.25, -0.2) is 4.98 Å². The van der Waals surface area contributed by atoms with E-state index in [9.17, 15) is 0 Å². The van der Waals surface area contributed by atoms with Crippen LogP contribution in [0.4, 0.5) is 0 Å². The molecule has 0 saturated carbocycles. The number of nitrogens with zero attached hydrogens (tertiary/aromatic N) is 2. The fourth-order valence-electron chi connectivity index (χ4n) is 2.24. The van der Waals surface area contributed by atoms with Gasteiger partial charge in [0, 0.05) is 21.6 Å². The van der Waals surface area contributed by atoms with Crippen LogP contribution in [0.25, 0.3) is 16.7 Å². The Labute approximate surface area is 140 Å². The molecule has 2 aromatic carbocycles. The zero-order chi connectivity index (χ0) is 14.1. The molecule has 0 atom stereocenters. The van der Waals surface area contributed by atoms with Gasteiger partial charge in [0.05, 0.1) is 10.5 Å². The third-order valence-electron chi connectivity index (χ3n) is 3.11. The number of alkyl halides is 1. The highest BCUT2D eigenvalue weighted by atomic mass is 127. The third kappa shape index (κ3) is 2.54. The maximum Gasteiger partial charge on any atom is 0.115 e. The summed E-state index contributed by atoms with van der Waals surface area (Å²) in [7, 11) is 0. The van der Waals surface area contributed by atoms with E-state index in [1.165, 1.54) is 3.57 Å². The van der Waals surface area contributed by atoms with Crippen molar-refractivity contribution >= 4 is 56.8 Å². The van der Waals surface area contributed by atoms with Crippen LogP contribution in [-0.2, 0) is 6.42 Å². The maximum absolute atomic E-state index is 6.25. The molecule has 0 fully saturated rings. The number of benzene rings is 2. The van der Waals surface area contributed by atoms with E-state index in [4.69, 9.17) is 23.2 Å². The predicted molar refractivity (Wildman–Crippen MR) is 93.2 cm³/mol. The molecule has 5 heteroatoms. The van der Waals surface area contributed by atoms with E-state index in [0.29, 0.717) is 17.3 Å². The molecule has 3 aromatic rings. The molecule has 1 heterocycles. The van der Waals surface area contributed by atoms with Crippen molar-refractivity contribution in [2.24, 2.45) is 0 Å². The summed E-state index contributed by atoms with van der Waals surface area (Å²) in [5, 5.41) is 0.669. The number of rotatable bonds is 3. The summed E-state index contributed by atoms with van der Waals surface area (Å²) >= 11 is 14.4. The summed E-state index contributed by atoms with van der Waals surface area (Å²) < 4.78 is 3.33. The number of para-hydroxylation sites is 1. The van der Waals surface area contributed by atoms with Crippen molar-refractivity contribution in [3.8, 4) is 5.69 Å². The summed E-state index contributed by atoms with van der Waals surface area (Å²) in [4.78, 5) is 4.65. The van der Waals surface area contributed by atoms with E-state index >= 15 is 0 Å². The standard InChI is InChI=1S/C15H11Cl2IN2/c16-9-8-14-19-15-12(17)2-1-3-13(15)20(14)11-6-4-10(18)5-7-11/h1-7H,8-9H2. The Morgan fingerprint density at radius 2 is 1.85 bits per heavy atom. The lowest BCUT2D eigenvalue weighted by molar-refractivity contribution is 0.912. The fraction of sp³-hybridized carbons (Fsp3) is 0.133. The van der Waals surface area contributed by atoms with Crippen molar-refractivity contribution in [3.05, 3.63) is 56.9 Å². The highest BCUT2D eigenvalue weighted by Gasteiger charge is 2.13. The first-order valence-electron chi connectivity index (χ1n) is 6.18. The topological polar surface area (TPSA) is 17.8 Å². The SMILES string of the molecule is ClCCc1nc2c(Cl)cccc2n1-c1ccc(I)cc1. The van der Waals surface area contributed by atoms with E-state index in [-0.39, 0.29) is 0 Å². The minimum Gasteiger partial charge on any atom is -0.296 e. The molecule has 0 aliphatic rings. The van der Waals surface area contributed by atoms with Crippen molar-refractivity contribution in [3.63, 3.8) is 0 Å². The number of hydrogen-bond acceptors (Lipinski definition) is 1. The molecule has 0 aliphatic heterocycles. The first kappa shape index (κ1) is 14.2. The average molecular weight is 417 g/mol. The second-order valence-corrected chi connectivity index (χ2v) is 6.42. The largest absolute Gasteiger partial charge is 0.296 e. The summed E-state index contributed by atoms with van der Waals surface area (Å²) in [6, 6.07) is 14.2. The number of aromatic nitrogens is 2. The van der Waals surface area contributed by atoms with Crippen LogP contribution >= 0.6 is 45.8 Å². The number of imidazole rings is 1. The molecule has 102 valence electrons. The van der Waals surface area contributed by atoms with Gasteiger partial charge in [0.25, 0.3) is 0 Å². The molecule has 3 rings (SSSR count). The fourth-order valence-corrected chi connectivity index (χ4v) is 2.98. The first-order valence-corrected chi connectivity index (χ1v) is 8.17. The van der Waals surface area contributed by atoms with Crippen LogP contribution in [0.5, 0.6) is 0 Å². The lowest BCUT2D eigenvalue weighted by atomic mass is 10.2. The average Bonchev–Trinajstić information content (AvgIpc) is 2.80. The number of aryl methyl sites for hydroxylation is 1. The Balaban J connectivity index is 2.28. The van der Waals surface area contributed by atoms with Gasteiger partial charge in [-0.05, 0) is 59.0 Å². The molecule has 0 radical (unpaired) electrons. The Kier molecular flexibility index (Phi) is 4.19. The summed E-state index contributed by atoms with van der Waals surface area (Å²) in [5.41, 5.74) is 2.92. The Bertz CT molecular complexity index is 750. The summed E-state index contributed by atoms with van der Waals surface area (Å²) in [6.07, 6.45) is 0.707.